The second-order valence-electron chi connectivity index (χ2n) is 4.11. The van der Waals surface area contributed by atoms with Crippen LogP contribution in [-0.2, 0) is 4.79 Å². The number of nitrogens with zero attached hydrogens (tertiary/aromatic N) is 1. The maximum atomic E-state index is 11.3. The molecular formula is C13H17NO3. The number of likely N-dealkylation sites (N-methyl/N-ethyl adjacent to an activating group) is 1. The van der Waals surface area contributed by atoms with Gasteiger partial charge in [-0.2, -0.15) is 0 Å². The van der Waals surface area contributed by atoms with E-state index in [9.17, 15) is 9.59 Å². The van der Waals surface area contributed by atoms with E-state index in [2.05, 4.69) is 0 Å². The Morgan fingerprint density at radius 1 is 1.29 bits per heavy atom. The largest absolute Gasteiger partial charge is 0.484 e. The molecule has 0 fully saturated rings. The third-order valence-corrected chi connectivity index (χ3v) is 2.43. The van der Waals surface area contributed by atoms with E-state index in [1.807, 2.05) is 6.92 Å². The Morgan fingerprint density at radius 3 is 2.41 bits per heavy atom. The molecular weight excluding hydrogens is 218 g/mol. The van der Waals surface area contributed by atoms with Gasteiger partial charge in [0.05, 0.1) is 0 Å². The van der Waals surface area contributed by atoms with Crippen LogP contribution in [0.2, 0.25) is 0 Å². The zero-order valence-corrected chi connectivity index (χ0v) is 10.6. The predicted molar refractivity (Wildman–Crippen MR) is 65.4 cm³/mol. The van der Waals surface area contributed by atoms with Crippen molar-refractivity contribution in [3.63, 3.8) is 0 Å². The summed E-state index contributed by atoms with van der Waals surface area (Å²) < 4.78 is 5.39. The number of Topliss-reactive ketones (excluding diaryl/α,β-unsaturated/α-hetero) is 1. The summed E-state index contributed by atoms with van der Waals surface area (Å²) in [5.41, 5.74) is 1.50. The van der Waals surface area contributed by atoms with Crippen LogP contribution in [0, 0.1) is 6.92 Å². The van der Waals surface area contributed by atoms with Gasteiger partial charge in [0.15, 0.2) is 12.4 Å². The van der Waals surface area contributed by atoms with E-state index in [-0.39, 0.29) is 18.3 Å². The molecule has 92 valence electrons. The average molecular weight is 235 g/mol. The second kappa shape index (κ2) is 5.48. The molecule has 0 aliphatic heterocycles. The topological polar surface area (TPSA) is 46.6 Å². The molecule has 4 heteroatoms. The summed E-state index contributed by atoms with van der Waals surface area (Å²) in [6, 6.07) is 5.18. The zero-order valence-electron chi connectivity index (χ0n) is 10.6. The number of carbonyl (C=O) groups is 2. The summed E-state index contributed by atoms with van der Waals surface area (Å²) in [5.74, 6) is 0.550. The molecule has 1 amide bonds. The highest BCUT2D eigenvalue weighted by molar-refractivity contribution is 5.94. The van der Waals surface area contributed by atoms with E-state index in [0.29, 0.717) is 11.3 Å². The third-order valence-electron chi connectivity index (χ3n) is 2.43. The normalized spacial score (nSPS) is 9.88. The lowest BCUT2D eigenvalue weighted by Crippen LogP contribution is -2.27. The standard InChI is InChI=1S/C13H17NO3/c1-9-7-11(10(2)15)5-6-12(9)17-8-13(16)14(3)4/h5-7H,8H2,1-4H3. The van der Waals surface area contributed by atoms with Gasteiger partial charge in [-0.1, -0.05) is 0 Å². The Morgan fingerprint density at radius 2 is 1.94 bits per heavy atom. The third kappa shape index (κ3) is 3.59. The maximum absolute atomic E-state index is 11.3. The molecule has 4 nitrogen and oxygen atoms in total. The lowest BCUT2D eigenvalue weighted by atomic mass is 10.1. The Balaban J connectivity index is 2.73. The average Bonchev–Trinajstić information content (AvgIpc) is 2.26. The molecule has 0 aliphatic rings. The van der Waals surface area contributed by atoms with E-state index < -0.39 is 0 Å². The van der Waals surface area contributed by atoms with Crippen LogP contribution in [-0.4, -0.2) is 37.3 Å². The van der Waals surface area contributed by atoms with Crippen molar-refractivity contribution in [2.75, 3.05) is 20.7 Å². The van der Waals surface area contributed by atoms with Crippen LogP contribution in [0.3, 0.4) is 0 Å². The number of carbonyl (C=O) groups excluding carboxylic acids is 2. The van der Waals surface area contributed by atoms with Gasteiger partial charge < -0.3 is 9.64 Å². The van der Waals surface area contributed by atoms with Gasteiger partial charge in [0.25, 0.3) is 5.91 Å². The van der Waals surface area contributed by atoms with Gasteiger partial charge in [-0.05, 0) is 37.6 Å². The highest BCUT2D eigenvalue weighted by Crippen LogP contribution is 2.19. The van der Waals surface area contributed by atoms with Crippen molar-refractivity contribution in [1.29, 1.82) is 0 Å². The number of hydrogen-bond donors (Lipinski definition) is 0. The fraction of sp³-hybridized carbons (Fsp3) is 0.385. The number of rotatable bonds is 4. The molecule has 17 heavy (non-hydrogen) atoms. The van der Waals surface area contributed by atoms with Crippen LogP contribution in [0.1, 0.15) is 22.8 Å². The summed E-state index contributed by atoms with van der Waals surface area (Å²) in [6.45, 7) is 3.38. The number of hydrogen-bond acceptors (Lipinski definition) is 3. The fourth-order valence-electron chi connectivity index (χ4n) is 1.30. The van der Waals surface area contributed by atoms with Crippen molar-refractivity contribution >= 4 is 11.7 Å². The predicted octanol–water partition coefficient (Wildman–Crippen LogP) is 1.66. The number of benzene rings is 1. The van der Waals surface area contributed by atoms with E-state index >= 15 is 0 Å². The van der Waals surface area contributed by atoms with Gasteiger partial charge in [0, 0.05) is 19.7 Å². The summed E-state index contributed by atoms with van der Waals surface area (Å²) in [5, 5.41) is 0. The molecule has 1 aromatic rings. The number of amides is 1. The molecule has 0 bridgehead atoms. The fourth-order valence-corrected chi connectivity index (χ4v) is 1.30. The van der Waals surface area contributed by atoms with E-state index in [1.165, 1.54) is 11.8 Å². The summed E-state index contributed by atoms with van der Waals surface area (Å²) in [4.78, 5) is 24.0. The van der Waals surface area contributed by atoms with Crippen LogP contribution >= 0.6 is 0 Å². The van der Waals surface area contributed by atoms with Crippen molar-refractivity contribution in [3.8, 4) is 5.75 Å². The molecule has 0 aromatic heterocycles. The van der Waals surface area contributed by atoms with Gasteiger partial charge >= 0.3 is 0 Å². The molecule has 0 atom stereocenters. The summed E-state index contributed by atoms with van der Waals surface area (Å²) >= 11 is 0. The molecule has 0 saturated heterocycles. The monoisotopic (exact) mass is 235 g/mol. The van der Waals surface area contributed by atoms with Gasteiger partial charge in [-0.25, -0.2) is 0 Å². The number of ether oxygens (including phenoxy) is 1. The first-order chi connectivity index (χ1) is 7.91. The van der Waals surface area contributed by atoms with Crippen LogP contribution in [0.4, 0.5) is 0 Å². The van der Waals surface area contributed by atoms with Gasteiger partial charge in [-0.3, -0.25) is 9.59 Å². The highest BCUT2D eigenvalue weighted by atomic mass is 16.5. The molecule has 0 heterocycles. The Bertz CT molecular complexity index is 438. The van der Waals surface area contributed by atoms with Gasteiger partial charge in [0.1, 0.15) is 5.75 Å². The van der Waals surface area contributed by atoms with E-state index in [0.717, 1.165) is 5.56 Å². The molecule has 1 aromatic carbocycles. The molecule has 0 spiro atoms. The Labute approximate surface area is 101 Å². The summed E-state index contributed by atoms with van der Waals surface area (Å²) in [7, 11) is 3.36. The minimum absolute atomic E-state index is 0.00720. The Kier molecular flexibility index (Phi) is 4.26. The van der Waals surface area contributed by atoms with Crippen molar-refractivity contribution in [2.45, 2.75) is 13.8 Å². The zero-order chi connectivity index (χ0) is 13.0. The van der Waals surface area contributed by atoms with Crippen LogP contribution in [0.5, 0.6) is 5.75 Å². The SMILES string of the molecule is CC(=O)c1ccc(OCC(=O)N(C)C)c(C)c1. The molecule has 0 saturated carbocycles. The van der Waals surface area contributed by atoms with Crippen molar-refractivity contribution in [2.24, 2.45) is 0 Å². The van der Waals surface area contributed by atoms with Crippen LogP contribution < -0.4 is 4.74 Å². The number of aryl methyl sites for hydroxylation is 1. The molecule has 0 aliphatic carbocycles. The molecule has 1 rings (SSSR count). The smallest absolute Gasteiger partial charge is 0.259 e. The van der Waals surface area contributed by atoms with Crippen LogP contribution in [0.15, 0.2) is 18.2 Å². The summed E-state index contributed by atoms with van der Waals surface area (Å²) in [6.07, 6.45) is 0. The lowest BCUT2D eigenvalue weighted by Gasteiger charge is -2.13. The van der Waals surface area contributed by atoms with Gasteiger partial charge in [-0.15, -0.1) is 0 Å². The minimum Gasteiger partial charge on any atom is -0.484 e. The highest BCUT2D eigenvalue weighted by Gasteiger charge is 2.08. The second-order valence-corrected chi connectivity index (χ2v) is 4.11. The van der Waals surface area contributed by atoms with E-state index in [1.54, 1.807) is 32.3 Å². The maximum Gasteiger partial charge on any atom is 0.259 e. The van der Waals surface area contributed by atoms with Gasteiger partial charge in [0.2, 0.25) is 0 Å². The molecule has 0 unspecified atom stereocenters. The van der Waals surface area contributed by atoms with Crippen molar-refractivity contribution < 1.29 is 14.3 Å². The van der Waals surface area contributed by atoms with Crippen molar-refractivity contribution in [1.82, 2.24) is 4.90 Å². The van der Waals surface area contributed by atoms with Crippen LogP contribution in [0.25, 0.3) is 0 Å². The lowest BCUT2D eigenvalue weighted by molar-refractivity contribution is -0.130. The Hall–Kier alpha value is -1.84. The van der Waals surface area contributed by atoms with Crippen molar-refractivity contribution in [3.05, 3.63) is 29.3 Å². The number of ketones is 1. The first kappa shape index (κ1) is 13.2. The minimum atomic E-state index is -0.0972. The molecule has 0 N–H and O–H groups in total. The first-order valence-electron chi connectivity index (χ1n) is 5.36. The van der Waals surface area contributed by atoms with E-state index in [4.69, 9.17) is 4.74 Å². The molecule has 0 radical (unpaired) electrons. The first-order valence-corrected chi connectivity index (χ1v) is 5.36. The quantitative estimate of drug-likeness (QED) is 0.746.